The summed E-state index contributed by atoms with van der Waals surface area (Å²) in [4.78, 5) is 23.3. The zero-order valence-corrected chi connectivity index (χ0v) is 14.8. The highest BCUT2D eigenvalue weighted by Gasteiger charge is 2.17. The third-order valence-corrected chi connectivity index (χ3v) is 4.12. The molecule has 2 N–H and O–H groups in total. The number of rotatable bonds is 5. The first-order valence-electron chi connectivity index (χ1n) is 7.53. The van der Waals surface area contributed by atoms with Gasteiger partial charge in [-0.25, -0.2) is 9.48 Å². The van der Waals surface area contributed by atoms with Gasteiger partial charge in [0.25, 0.3) is 0 Å². The summed E-state index contributed by atoms with van der Waals surface area (Å²) in [6.07, 6.45) is 0. The van der Waals surface area contributed by atoms with Gasteiger partial charge in [0.05, 0.1) is 10.9 Å². The molecule has 2 rings (SSSR count). The molecule has 0 saturated heterocycles. The Hall–Kier alpha value is -2.42. The van der Waals surface area contributed by atoms with Crippen LogP contribution in [-0.2, 0) is 4.79 Å². The van der Waals surface area contributed by atoms with Crippen LogP contribution in [-0.4, -0.2) is 43.7 Å². The van der Waals surface area contributed by atoms with Crippen LogP contribution in [0.2, 0.25) is 0 Å². The fraction of sp³-hybridized carbons (Fsp3) is 0.400. The highest BCUT2D eigenvalue weighted by Crippen LogP contribution is 2.21. The number of aromatic nitrogens is 4. The molecule has 128 valence electrons. The lowest BCUT2D eigenvalue weighted by atomic mass is 10.4. The normalized spacial score (nSPS) is 11.8. The topological polar surface area (TPSA) is 102 Å². The van der Waals surface area contributed by atoms with Crippen molar-refractivity contribution in [2.75, 3.05) is 6.54 Å². The van der Waals surface area contributed by atoms with Crippen LogP contribution in [0.15, 0.2) is 23.2 Å². The Balaban J connectivity index is 1.99. The largest absolute Gasteiger partial charge is 0.338 e. The Labute approximate surface area is 144 Å². The van der Waals surface area contributed by atoms with Crippen LogP contribution in [0, 0.1) is 13.8 Å². The van der Waals surface area contributed by atoms with Crippen molar-refractivity contribution in [1.82, 2.24) is 30.6 Å². The van der Waals surface area contributed by atoms with Crippen molar-refractivity contribution in [2.24, 2.45) is 0 Å². The number of thioether (sulfide) groups is 1. The molecule has 0 spiro atoms. The zero-order valence-electron chi connectivity index (χ0n) is 14.0. The number of nitrogens with zero attached hydrogens (tertiary/aromatic N) is 4. The van der Waals surface area contributed by atoms with Crippen molar-refractivity contribution in [3.05, 3.63) is 29.6 Å². The van der Waals surface area contributed by atoms with Crippen LogP contribution in [0.25, 0.3) is 5.82 Å². The Kier molecular flexibility index (Phi) is 5.91. The fourth-order valence-electron chi connectivity index (χ4n) is 2.00. The molecule has 0 aromatic carbocycles. The van der Waals surface area contributed by atoms with E-state index in [1.807, 2.05) is 19.9 Å². The lowest BCUT2D eigenvalue weighted by Crippen LogP contribution is -2.42. The molecule has 9 heteroatoms. The Morgan fingerprint density at radius 2 is 2.04 bits per heavy atom. The minimum atomic E-state index is -0.499. The van der Waals surface area contributed by atoms with Crippen LogP contribution >= 0.6 is 11.8 Å². The molecule has 0 radical (unpaired) electrons. The van der Waals surface area contributed by atoms with Crippen molar-refractivity contribution in [1.29, 1.82) is 0 Å². The van der Waals surface area contributed by atoms with E-state index in [1.165, 1.54) is 11.8 Å². The predicted molar refractivity (Wildman–Crippen MR) is 91.2 cm³/mol. The molecule has 0 bridgehead atoms. The van der Waals surface area contributed by atoms with Gasteiger partial charge in [0, 0.05) is 12.2 Å². The highest BCUT2D eigenvalue weighted by atomic mass is 32.2. The van der Waals surface area contributed by atoms with E-state index in [4.69, 9.17) is 0 Å². The van der Waals surface area contributed by atoms with Crippen molar-refractivity contribution in [3.8, 4) is 5.82 Å². The summed E-state index contributed by atoms with van der Waals surface area (Å²) in [6.45, 7) is 7.80. The van der Waals surface area contributed by atoms with Gasteiger partial charge in [-0.15, -0.1) is 10.2 Å². The van der Waals surface area contributed by atoms with Crippen molar-refractivity contribution >= 4 is 23.7 Å². The van der Waals surface area contributed by atoms with E-state index in [0.717, 1.165) is 11.4 Å². The summed E-state index contributed by atoms with van der Waals surface area (Å²) in [5.41, 5.74) is 1.88. The monoisotopic (exact) mass is 348 g/mol. The van der Waals surface area contributed by atoms with Crippen molar-refractivity contribution < 1.29 is 9.59 Å². The SMILES string of the molecule is CCNC(=O)NC(=O)C(C)Sc1ccc(-n2nc(C)cc2C)nn1. The van der Waals surface area contributed by atoms with Gasteiger partial charge in [-0.05, 0) is 45.9 Å². The molecule has 0 fully saturated rings. The third-order valence-electron chi connectivity index (χ3n) is 3.09. The summed E-state index contributed by atoms with van der Waals surface area (Å²) in [7, 11) is 0. The van der Waals surface area contributed by atoms with E-state index < -0.39 is 11.3 Å². The molecule has 3 amide bonds. The van der Waals surface area contributed by atoms with E-state index in [2.05, 4.69) is 25.9 Å². The van der Waals surface area contributed by atoms with Gasteiger partial charge in [-0.1, -0.05) is 11.8 Å². The maximum Gasteiger partial charge on any atom is 0.321 e. The summed E-state index contributed by atoms with van der Waals surface area (Å²) in [6, 6.07) is 5.03. The number of urea groups is 1. The van der Waals surface area contributed by atoms with Gasteiger partial charge in [-0.2, -0.15) is 5.10 Å². The molecular weight excluding hydrogens is 328 g/mol. The molecule has 1 atom stereocenters. The lowest BCUT2D eigenvalue weighted by Gasteiger charge is -2.11. The second-order valence-electron chi connectivity index (χ2n) is 5.18. The van der Waals surface area contributed by atoms with E-state index in [9.17, 15) is 9.59 Å². The van der Waals surface area contributed by atoms with Crippen LogP contribution in [0.5, 0.6) is 0 Å². The molecule has 8 nitrogen and oxygen atoms in total. The second-order valence-corrected chi connectivity index (χ2v) is 6.54. The minimum Gasteiger partial charge on any atom is -0.338 e. The molecule has 2 aromatic heterocycles. The molecule has 0 aliphatic heterocycles. The number of aryl methyl sites for hydroxylation is 2. The van der Waals surface area contributed by atoms with Gasteiger partial charge >= 0.3 is 6.03 Å². The van der Waals surface area contributed by atoms with Crippen molar-refractivity contribution in [3.63, 3.8) is 0 Å². The number of carbonyl (C=O) groups is 2. The maximum absolute atomic E-state index is 11.9. The summed E-state index contributed by atoms with van der Waals surface area (Å²) in [5, 5.41) is 17.5. The maximum atomic E-state index is 11.9. The standard InChI is InChI=1S/C15H20N6O2S/c1-5-16-15(23)17-14(22)11(4)24-13-7-6-12(18-19-13)21-10(3)8-9(2)20-21/h6-8,11H,5H2,1-4H3,(H2,16,17,22,23). The molecule has 2 heterocycles. The molecule has 2 aromatic rings. The quantitative estimate of drug-likeness (QED) is 0.796. The number of amides is 3. The average molecular weight is 348 g/mol. The second kappa shape index (κ2) is 7.91. The van der Waals surface area contributed by atoms with E-state index in [0.29, 0.717) is 17.4 Å². The average Bonchev–Trinajstić information content (AvgIpc) is 2.86. The van der Waals surface area contributed by atoms with Crippen LogP contribution in [0.1, 0.15) is 25.2 Å². The summed E-state index contributed by atoms with van der Waals surface area (Å²) >= 11 is 1.23. The Bertz CT molecular complexity index is 728. The molecule has 1 unspecified atom stereocenters. The van der Waals surface area contributed by atoms with Gasteiger partial charge in [0.2, 0.25) is 5.91 Å². The first-order chi connectivity index (χ1) is 11.4. The first kappa shape index (κ1) is 17.9. The van der Waals surface area contributed by atoms with Gasteiger partial charge in [0.15, 0.2) is 5.82 Å². The van der Waals surface area contributed by atoms with Gasteiger partial charge < -0.3 is 5.32 Å². The summed E-state index contributed by atoms with van der Waals surface area (Å²) < 4.78 is 1.71. The Morgan fingerprint density at radius 3 is 2.58 bits per heavy atom. The van der Waals surface area contributed by atoms with Gasteiger partial charge in [-0.3, -0.25) is 10.1 Å². The van der Waals surface area contributed by atoms with E-state index in [1.54, 1.807) is 30.7 Å². The fourth-order valence-corrected chi connectivity index (χ4v) is 2.77. The van der Waals surface area contributed by atoms with Crippen LogP contribution in [0.3, 0.4) is 0 Å². The van der Waals surface area contributed by atoms with E-state index in [-0.39, 0.29) is 5.91 Å². The number of carbonyl (C=O) groups excluding carboxylic acids is 2. The molecule has 0 aliphatic carbocycles. The molecule has 24 heavy (non-hydrogen) atoms. The number of hydrogen-bond donors (Lipinski definition) is 2. The van der Waals surface area contributed by atoms with Crippen LogP contribution < -0.4 is 10.6 Å². The van der Waals surface area contributed by atoms with Gasteiger partial charge in [0.1, 0.15) is 5.03 Å². The van der Waals surface area contributed by atoms with E-state index >= 15 is 0 Å². The van der Waals surface area contributed by atoms with Crippen LogP contribution in [0.4, 0.5) is 4.79 Å². The highest BCUT2D eigenvalue weighted by molar-refractivity contribution is 8.00. The minimum absolute atomic E-state index is 0.379. The molecule has 0 aliphatic rings. The van der Waals surface area contributed by atoms with Crippen molar-refractivity contribution in [2.45, 2.75) is 38.0 Å². The summed E-state index contributed by atoms with van der Waals surface area (Å²) in [5.74, 6) is 0.236. The lowest BCUT2D eigenvalue weighted by molar-refractivity contribution is -0.119. The first-order valence-corrected chi connectivity index (χ1v) is 8.41. The molecular formula is C15H20N6O2S. The third kappa shape index (κ3) is 4.54. The zero-order chi connectivity index (χ0) is 17.7. The number of hydrogen-bond acceptors (Lipinski definition) is 6. The number of nitrogens with one attached hydrogen (secondary N) is 2. The predicted octanol–water partition coefficient (Wildman–Crippen LogP) is 1.61. The number of imide groups is 1. The smallest absolute Gasteiger partial charge is 0.321 e. The molecule has 0 saturated carbocycles. The Morgan fingerprint density at radius 1 is 1.29 bits per heavy atom.